The zero-order valence-corrected chi connectivity index (χ0v) is 23.8. The third kappa shape index (κ3) is 6.35. The van der Waals surface area contributed by atoms with Gasteiger partial charge in [0.2, 0.25) is 15.9 Å². The lowest BCUT2D eigenvalue weighted by atomic mass is 9.91. The zero-order chi connectivity index (χ0) is 28.1. The topological polar surface area (TPSA) is 120 Å². The smallest absolute Gasteiger partial charge is 0.253 e. The van der Waals surface area contributed by atoms with Crippen LogP contribution in [0.25, 0.3) is 0 Å². The van der Waals surface area contributed by atoms with Crippen molar-refractivity contribution in [2.24, 2.45) is 0 Å². The molecule has 1 aliphatic heterocycles. The molecule has 1 heterocycles. The number of rotatable bonds is 12. The number of sulfonamides is 1. The van der Waals surface area contributed by atoms with E-state index >= 15 is 0 Å². The normalized spacial score (nSPS) is 17.6. The molecule has 0 spiro atoms. The van der Waals surface area contributed by atoms with E-state index < -0.39 is 26.2 Å². The highest BCUT2D eigenvalue weighted by atomic mass is 32.2. The molecule has 0 aliphatic carbocycles. The van der Waals surface area contributed by atoms with Gasteiger partial charge in [-0.15, -0.1) is 0 Å². The number of carbonyl (C=O) groups excluding carboxylic acids is 2. The van der Waals surface area contributed by atoms with E-state index in [9.17, 15) is 18.0 Å². The Morgan fingerprint density at radius 1 is 1.08 bits per heavy atom. The van der Waals surface area contributed by atoms with Gasteiger partial charge in [-0.3, -0.25) is 14.9 Å². The second kappa shape index (κ2) is 11.8. The van der Waals surface area contributed by atoms with Gasteiger partial charge in [-0.25, -0.2) is 13.1 Å². The van der Waals surface area contributed by atoms with Crippen LogP contribution in [0.3, 0.4) is 0 Å². The molecule has 0 saturated carbocycles. The van der Waals surface area contributed by atoms with Crippen molar-refractivity contribution < 1.29 is 22.7 Å². The average Bonchev–Trinajstić information content (AvgIpc) is 3.09. The summed E-state index contributed by atoms with van der Waals surface area (Å²) in [5.41, 5.74) is 0.523. The van der Waals surface area contributed by atoms with Crippen LogP contribution < -0.4 is 25.0 Å². The van der Waals surface area contributed by atoms with E-state index in [0.717, 1.165) is 12.1 Å². The van der Waals surface area contributed by atoms with Crippen LogP contribution in [0.4, 0.5) is 5.69 Å². The van der Waals surface area contributed by atoms with Gasteiger partial charge in [0, 0.05) is 43.5 Å². The molecule has 3 N–H and O–H groups in total. The number of para-hydroxylation sites is 2. The first-order valence-corrected chi connectivity index (χ1v) is 14.0. The molecule has 1 aliphatic rings. The molecule has 2 amide bonds. The Hall–Kier alpha value is -2.99. The van der Waals surface area contributed by atoms with Gasteiger partial charge in [0.1, 0.15) is 24.4 Å². The van der Waals surface area contributed by atoms with E-state index in [1.54, 1.807) is 45.0 Å². The Balaban J connectivity index is 2.00. The standard InChI is InChI=1S/C27H39N5O5S/c1-26(2,3)38(35,36)30-19-27(29-17-20-11-7-10-14-23(20)37-16-15-31(5)6)21-12-8-9-13-22(21)32(25(27)34)18-24(33)28-4/h7-14,29-30H,15-19H2,1-6H3,(H,28,33). The molecule has 10 nitrogen and oxygen atoms in total. The summed E-state index contributed by atoms with van der Waals surface area (Å²) in [6.07, 6.45) is 0. The Morgan fingerprint density at radius 2 is 1.74 bits per heavy atom. The SMILES string of the molecule is CNC(=O)CN1C(=O)C(CNS(=O)(=O)C(C)(C)C)(NCc2ccccc2OCCN(C)C)c2ccccc21. The lowest BCUT2D eigenvalue weighted by Crippen LogP contribution is -2.58. The van der Waals surface area contributed by atoms with Crippen LogP contribution in [0.15, 0.2) is 48.5 Å². The average molecular weight is 546 g/mol. The van der Waals surface area contributed by atoms with Gasteiger partial charge >= 0.3 is 0 Å². The highest BCUT2D eigenvalue weighted by Crippen LogP contribution is 2.40. The monoisotopic (exact) mass is 545 g/mol. The van der Waals surface area contributed by atoms with Crippen LogP contribution >= 0.6 is 0 Å². The summed E-state index contributed by atoms with van der Waals surface area (Å²) in [4.78, 5) is 29.8. The van der Waals surface area contributed by atoms with Crippen molar-refractivity contribution in [3.63, 3.8) is 0 Å². The molecule has 2 aromatic carbocycles. The Bertz CT molecular complexity index is 1260. The molecule has 208 valence electrons. The second-order valence-electron chi connectivity index (χ2n) is 10.5. The van der Waals surface area contributed by atoms with Crippen molar-refractivity contribution >= 4 is 27.5 Å². The first kappa shape index (κ1) is 29.6. The summed E-state index contributed by atoms with van der Waals surface area (Å²) < 4.78 is 33.6. The van der Waals surface area contributed by atoms with Crippen molar-refractivity contribution in [3.05, 3.63) is 59.7 Å². The Morgan fingerprint density at radius 3 is 2.39 bits per heavy atom. The van der Waals surface area contributed by atoms with Crippen molar-refractivity contribution in [3.8, 4) is 5.75 Å². The first-order chi connectivity index (χ1) is 17.8. The molecule has 11 heteroatoms. The number of nitrogens with one attached hydrogen (secondary N) is 3. The molecular weight excluding hydrogens is 506 g/mol. The molecule has 3 rings (SSSR count). The largest absolute Gasteiger partial charge is 0.492 e. The van der Waals surface area contributed by atoms with Crippen LogP contribution in [0.2, 0.25) is 0 Å². The summed E-state index contributed by atoms with van der Waals surface area (Å²) >= 11 is 0. The van der Waals surface area contributed by atoms with E-state index in [0.29, 0.717) is 23.6 Å². The third-order valence-corrected chi connectivity index (χ3v) is 8.67. The summed E-state index contributed by atoms with van der Waals surface area (Å²) in [5, 5.41) is 5.92. The number of fused-ring (bicyclic) bond motifs is 1. The van der Waals surface area contributed by atoms with Gasteiger partial charge in [-0.1, -0.05) is 36.4 Å². The molecule has 1 unspecified atom stereocenters. The fraction of sp³-hybridized carbons (Fsp3) is 0.481. The summed E-state index contributed by atoms with van der Waals surface area (Å²) in [6.45, 7) is 5.83. The van der Waals surface area contributed by atoms with Crippen molar-refractivity contribution in [1.29, 1.82) is 0 Å². The second-order valence-corrected chi connectivity index (χ2v) is 13.1. The number of likely N-dealkylation sites (N-methyl/N-ethyl adjacent to an activating group) is 2. The maximum absolute atomic E-state index is 14.1. The zero-order valence-electron chi connectivity index (χ0n) is 23.0. The number of anilines is 1. The lowest BCUT2D eigenvalue weighted by Gasteiger charge is -2.32. The van der Waals surface area contributed by atoms with Crippen molar-refractivity contribution in [2.75, 3.05) is 52.3 Å². The van der Waals surface area contributed by atoms with Crippen LogP contribution in [0.5, 0.6) is 5.75 Å². The van der Waals surface area contributed by atoms with Gasteiger partial charge in [-0.2, -0.15) is 0 Å². The van der Waals surface area contributed by atoms with E-state index in [1.807, 2.05) is 43.3 Å². The van der Waals surface area contributed by atoms with Crippen LogP contribution in [-0.2, 0) is 31.7 Å². The maximum Gasteiger partial charge on any atom is 0.253 e. The summed E-state index contributed by atoms with van der Waals surface area (Å²) in [5.74, 6) is -0.0722. The summed E-state index contributed by atoms with van der Waals surface area (Å²) in [6, 6.07) is 14.7. The van der Waals surface area contributed by atoms with E-state index in [-0.39, 0.29) is 25.5 Å². The quantitative estimate of drug-likeness (QED) is 0.369. The molecule has 2 aromatic rings. The fourth-order valence-corrected chi connectivity index (χ4v) is 4.94. The molecule has 38 heavy (non-hydrogen) atoms. The van der Waals surface area contributed by atoms with Crippen LogP contribution in [0, 0.1) is 0 Å². The number of carbonyl (C=O) groups is 2. The highest BCUT2D eigenvalue weighted by Gasteiger charge is 2.52. The minimum absolute atomic E-state index is 0.188. The number of benzene rings is 2. The van der Waals surface area contributed by atoms with Crippen LogP contribution in [-0.4, -0.2) is 77.3 Å². The lowest BCUT2D eigenvalue weighted by molar-refractivity contribution is -0.126. The maximum atomic E-state index is 14.1. The molecule has 0 bridgehead atoms. The van der Waals surface area contributed by atoms with Crippen molar-refractivity contribution in [2.45, 2.75) is 37.6 Å². The van der Waals surface area contributed by atoms with Gasteiger partial charge in [0.05, 0.1) is 4.75 Å². The number of ether oxygens (including phenoxy) is 1. The number of amides is 2. The van der Waals surface area contributed by atoms with Crippen LogP contribution in [0.1, 0.15) is 31.9 Å². The summed E-state index contributed by atoms with van der Waals surface area (Å²) in [7, 11) is 1.66. The highest BCUT2D eigenvalue weighted by molar-refractivity contribution is 7.90. The van der Waals surface area contributed by atoms with E-state index in [1.165, 1.54) is 11.9 Å². The third-order valence-electron chi connectivity index (χ3n) is 6.53. The minimum atomic E-state index is -3.78. The number of hydrogen-bond acceptors (Lipinski definition) is 7. The molecule has 0 radical (unpaired) electrons. The Kier molecular flexibility index (Phi) is 9.19. The first-order valence-electron chi connectivity index (χ1n) is 12.5. The van der Waals surface area contributed by atoms with Gasteiger partial charge < -0.3 is 19.9 Å². The molecule has 0 aromatic heterocycles. The fourth-order valence-electron chi connectivity index (χ4n) is 4.10. The molecular formula is C27H39N5O5S. The molecule has 1 atom stereocenters. The van der Waals surface area contributed by atoms with E-state index in [4.69, 9.17) is 4.74 Å². The van der Waals surface area contributed by atoms with E-state index in [2.05, 4.69) is 15.4 Å². The predicted octanol–water partition coefficient (Wildman–Crippen LogP) is 1.42. The number of hydrogen-bond donors (Lipinski definition) is 3. The molecule has 0 saturated heterocycles. The van der Waals surface area contributed by atoms with Gasteiger partial charge in [0.25, 0.3) is 5.91 Å². The van der Waals surface area contributed by atoms with Gasteiger partial charge in [-0.05, 0) is 47.0 Å². The Labute approximate surface area is 225 Å². The minimum Gasteiger partial charge on any atom is -0.492 e. The van der Waals surface area contributed by atoms with Crippen molar-refractivity contribution in [1.82, 2.24) is 20.3 Å². The van der Waals surface area contributed by atoms with Gasteiger partial charge in [0.15, 0.2) is 0 Å². The number of nitrogens with zero attached hydrogens (tertiary/aromatic N) is 2. The molecule has 0 fully saturated rings. The predicted molar refractivity (Wildman–Crippen MR) is 149 cm³/mol.